The van der Waals surface area contributed by atoms with Gasteiger partial charge in [0.2, 0.25) is 0 Å². The molecule has 0 rings (SSSR count). The molecule has 0 heterocycles. The van der Waals surface area contributed by atoms with Gasteiger partial charge in [-0.3, -0.25) is 0 Å². The monoisotopic (exact) mass is 351 g/mol. The standard InChI is InChI=1S/2C4H11Si.C4H9.Sn/c2*1-5(2,3)4;1-3-4-2;/h2*1H2,2-4H3;1,3-4H2,2H3;/q;;;+1. The first-order chi connectivity index (χ1) is 6.64. The third kappa shape index (κ3) is 11.5. The van der Waals surface area contributed by atoms with Gasteiger partial charge in [-0.05, 0) is 0 Å². The molecule has 0 aliphatic heterocycles. The van der Waals surface area contributed by atoms with E-state index in [2.05, 4.69) is 46.2 Å². The van der Waals surface area contributed by atoms with Crippen LogP contribution in [0.5, 0.6) is 0 Å². The van der Waals surface area contributed by atoms with Gasteiger partial charge in [0.1, 0.15) is 0 Å². The Morgan fingerprint density at radius 2 is 1.20 bits per heavy atom. The number of hydrogen-bond donors (Lipinski definition) is 0. The normalized spacial score (nSPS) is 13.0. The van der Waals surface area contributed by atoms with E-state index in [1.165, 1.54) is 12.8 Å². The van der Waals surface area contributed by atoms with Gasteiger partial charge in [-0.25, -0.2) is 0 Å². The van der Waals surface area contributed by atoms with E-state index in [9.17, 15) is 0 Å². The first kappa shape index (κ1) is 16.2. The van der Waals surface area contributed by atoms with Crippen LogP contribution in [0, 0.1) is 0 Å². The molecular weight excluding hydrogens is 319 g/mol. The molecule has 0 aliphatic carbocycles. The molecule has 0 aromatic carbocycles. The minimum atomic E-state index is -0.970. The fourth-order valence-electron chi connectivity index (χ4n) is 2.17. The van der Waals surface area contributed by atoms with Crippen LogP contribution in [-0.4, -0.2) is 35.9 Å². The fraction of sp³-hybridized carbons (Fsp3) is 1.00. The van der Waals surface area contributed by atoms with Gasteiger partial charge in [0.25, 0.3) is 0 Å². The Kier molecular flexibility index (Phi) is 7.41. The summed E-state index contributed by atoms with van der Waals surface area (Å²) < 4.78 is 5.19. The second kappa shape index (κ2) is 6.84. The molecule has 0 spiro atoms. The maximum atomic E-state index is 2.57. The van der Waals surface area contributed by atoms with E-state index >= 15 is 0 Å². The van der Waals surface area contributed by atoms with Crippen molar-refractivity contribution in [1.29, 1.82) is 0 Å². The van der Waals surface area contributed by atoms with Crippen molar-refractivity contribution in [2.45, 2.75) is 71.6 Å². The van der Waals surface area contributed by atoms with Crippen molar-refractivity contribution in [1.82, 2.24) is 0 Å². The molecule has 0 N–H and O–H groups in total. The van der Waals surface area contributed by atoms with Crippen molar-refractivity contribution >= 4 is 35.9 Å². The Bertz CT molecular complexity index is 151. The van der Waals surface area contributed by atoms with Gasteiger partial charge in [-0.1, -0.05) is 0 Å². The Labute approximate surface area is 107 Å². The van der Waals surface area contributed by atoms with Crippen LogP contribution in [0.25, 0.3) is 0 Å². The molecule has 0 atom stereocenters. The van der Waals surface area contributed by atoms with Crippen molar-refractivity contribution in [3.63, 3.8) is 0 Å². The zero-order chi connectivity index (χ0) is 12.1. The summed E-state index contributed by atoms with van der Waals surface area (Å²) in [5.74, 6) is 0. The number of unbranched alkanes of at least 4 members (excludes halogenated alkanes) is 1. The molecule has 0 aromatic rings. The molecule has 3 heteroatoms. The molecule has 0 unspecified atom stereocenters. The number of rotatable bonds is 7. The van der Waals surface area contributed by atoms with Gasteiger partial charge >= 0.3 is 108 Å². The second-order valence-electron chi connectivity index (χ2n) is 7.33. The van der Waals surface area contributed by atoms with Crippen LogP contribution in [0.4, 0.5) is 0 Å². The van der Waals surface area contributed by atoms with E-state index in [1.807, 2.05) is 0 Å². The van der Waals surface area contributed by atoms with Gasteiger partial charge in [0.15, 0.2) is 0 Å². The van der Waals surface area contributed by atoms with Gasteiger partial charge in [-0.2, -0.15) is 0 Å². The van der Waals surface area contributed by atoms with Crippen molar-refractivity contribution in [3.05, 3.63) is 0 Å². The van der Waals surface area contributed by atoms with Crippen molar-refractivity contribution in [2.75, 3.05) is 0 Å². The average molecular weight is 350 g/mol. The third-order valence-electron chi connectivity index (χ3n) is 2.44. The molecule has 0 amide bonds. The third-order valence-corrected chi connectivity index (χ3v) is 35.3. The minimum absolute atomic E-state index is 0.760. The predicted molar refractivity (Wildman–Crippen MR) is 81.8 cm³/mol. The van der Waals surface area contributed by atoms with Gasteiger partial charge in [0.05, 0.1) is 0 Å². The second-order valence-corrected chi connectivity index (χ2v) is 30.0. The van der Waals surface area contributed by atoms with E-state index in [-0.39, 0.29) is 0 Å². The van der Waals surface area contributed by atoms with Crippen LogP contribution < -0.4 is 0 Å². The summed E-state index contributed by atoms with van der Waals surface area (Å²) in [5, 5.41) is 0. The Morgan fingerprint density at radius 3 is 1.47 bits per heavy atom. The summed E-state index contributed by atoms with van der Waals surface area (Å²) in [4.78, 5) is 0. The van der Waals surface area contributed by atoms with Gasteiger partial charge in [0, 0.05) is 0 Å². The first-order valence-electron chi connectivity index (χ1n) is 6.47. The van der Waals surface area contributed by atoms with Crippen molar-refractivity contribution in [2.24, 2.45) is 0 Å². The molecular formula is C12H31Si2Sn+. The molecule has 0 saturated heterocycles. The zero-order valence-electron chi connectivity index (χ0n) is 12.0. The van der Waals surface area contributed by atoms with Crippen LogP contribution >= 0.6 is 0 Å². The number of hydrogen-bond acceptors (Lipinski definition) is 0. The molecule has 0 aliphatic rings. The van der Waals surface area contributed by atoms with Crippen LogP contribution in [0.3, 0.4) is 0 Å². The summed E-state index contributed by atoms with van der Waals surface area (Å²) in [6.45, 7) is 17.8. The molecule has 15 heavy (non-hydrogen) atoms. The molecule has 0 nitrogen and oxygen atoms in total. The quantitative estimate of drug-likeness (QED) is 0.565. The Morgan fingerprint density at radius 1 is 0.800 bits per heavy atom. The summed E-state index contributed by atoms with van der Waals surface area (Å²) >= 11 is -0.970. The van der Waals surface area contributed by atoms with E-state index < -0.39 is 35.9 Å². The maximum absolute atomic E-state index is 2.57. The summed E-state index contributed by atoms with van der Waals surface area (Å²) in [6, 6.07) is 0. The van der Waals surface area contributed by atoms with Crippen molar-refractivity contribution in [3.8, 4) is 0 Å². The van der Waals surface area contributed by atoms with Crippen LogP contribution in [-0.2, 0) is 0 Å². The van der Waals surface area contributed by atoms with E-state index in [0.29, 0.717) is 0 Å². The molecule has 0 radical (unpaired) electrons. The summed E-state index contributed by atoms with van der Waals surface area (Å²) in [6.07, 6.45) is 2.95. The van der Waals surface area contributed by atoms with Gasteiger partial charge in [-0.15, -0.1) is 0 Å². The van der Waals surface area contributed by atoms with E-state index in [1.54, 1.807) is 12.6 Å². The SMILES string of the molecule is CCC[CH2][Sn+]([CH2][Si](C)(C)C)[CH2][Si](C)(C)C. The Hall–Kier alpha value is 1.23. The predicted octanol–water partition coefficient (Wildman–Crippen LogP) is 5.04. The molecule has 0 aromatic heterocycles. The van der Waals surface area contributed by atoms with E-state index in [4.69, 9.17) is 0 Å². The molecule has 90 valence electrons. The van der Waals surface area contributed by atoms with Crippen LogP contribution in [0.15, 0.2) is 0 Å². The van der Waals surface area contributed by atoms with Gasteiger partial charge < -0.3 is 0 Å². The van der Waals surface area contributed by atoms with E-state index in [0.717, 1.165) is 0 Å². The molecule has 0 fully saturated rings. The van der Waals surface area contributed by atoms with Crippen molar-refractivity contribution < 1.29 is 0 Å². The average Bonchev–Trinajstić information content (AvgIpc) is 1.94. The fourth-order valence-corrected chi connectivity index (χ4v) is 40.4. The molecule has 0 saturated carbocycles. The zero-order valence-corrected chi connectivity index (χ0v) is 16.9. The Balaban J connectivity index is 4.19. The molecule has 0 bridgehead atoms. The summed E-state index contributed by atoms with van der Waals surface area (Å²) in [7, 11) is -1.52. The summed E-state index contributed by atoms with van der Waals surface area (Å²) in [5.41, 5.74) is 0. The van der Waals surface area contributed by atoms with Crippen LogP contribution in [0.1, 0.15) is 19.8 Å². The van der Waals surface area contributed by atoms with Crippen LogP contribution in [0.2, 0.25) is 51.8 Å². The first-order valence-corrected chi connectivity index (χ1v) is 19.9. The topological polar surface area (TPSA) is 0 Å².